The van der Waals surface area contributed by atoms with Crippen LogP contribution in [0.1, 0.15) is 19.8 Å². The lowest BCUT2D eigenvalue weighted by Crippen LogP contribution is -2.51. The quantitative estimate of drug-likeness (QED) is 0.544. The Labute approximate surface area is 113 Å². The van der Waals surface area contributed by atoms with Crippen molar-refractivity contribution in [3.05, 3.63) is 12.7 Å². The SMILES string of the molecule is C=CCOCCCC(=O)N1CC(C(=O)O)O[C@H](C)C1. The summed E-state index contributed by atoms with van der Waals surface area (Å²) in [5.41, 5.74) is 0. The topological polar surface area (TPSA) is 76.1 Å². The fourth-order valence-electron chi connectivity index (χ4n) is 1.94. The van der Waals surface area contributed by atoms with E-state index in [0.717, 1.165) is 0 Å². The Hall–Kier alpha value is -1.40. The van der Waals surface area contributed by atoms with E-state index in [1.807, 2.05) is 0 Å². The summed E-state index contributed by atoms with van der Waals surface area (Å²) in [5.74, 6) is -1.08. The number of carboxylic acid groups (broad SMARTS) is 1. The molecule has 0 aliphatic carbocycles. The first-order valence-corrected chi connectivity index (χ1v) is 6.39. The van der Waals surface area contributed by atoms with E-state index in [1.54, 1.807) is 17.9 Å². The van der Waals surface area contributed by atoms with Crippen molar-refractivity contribution in [3.8, 4) is 0 Å². The highest BCUT2D eigenvalue weighted by Gasteiger charge is 2.32. The number of amides is 1. The van der Waals surface area contributed by atoms with Gasteiger partial charge < -0.3 is 19.5 Å². The van der Waals surface area contributed by atoms with Gasteiger partial charge in [-0.05, 0) is 13.3 Å². The van der Waals surface area contributed by atoms with Gasteiger partial charge in [0, 0.05) is 19.6 Å². The van der Waals surface area contributed by atoms with Gasteiger partial charge in [0.25, 0.3) is 0 Å². The molecular formula is C13H21NO5. The summed E-state index contributed by atoms with van der Waals surface area (Å²) in [6.07, 6.45) is 1.45. The molecule has 1 amide bonds. The molecule has 2 atom stereocenters. The second kappa shape index (κ2) is 7.91. The number of hydrogen-bond acceptors (Lipinski definition) is 4. The van der Waals surface area contributed by atoms with Crippen LogP contribution in [0.15, 0.2) is 12.7 Å². The van der Waals surface area contributed by atoms with Gasteiger partial charge in [-0.2, -0.15) is 0 Å². The Morgan fingerprint density at radius 3 is 2.89 bits per heavy atom. The van der Waals surface area contributed by atoms with Crippen LogP contribution in [0.2, 0.25) is 0 Å². The number of ether oxygens (including phenoxy) is 2. The van der Waals surface area contributed by atoms with E-state index in [2.05, 4.69) is 6.58 Å². The van der Waals surface area contributed by atoms with Crippen LogP contribution in [0.4, 0.5) is 0 Å². The Bertz CT molecular complexity index is 331. The summed E-state index contributed by atoms with van der Waals surface area (Å²) in [5, 5.41) is 8.94. The highest BCUT2D eigenvalue weighted by atomic mass is 16.5. The van der Waals surface area contributed by atoms with Gasteiger partial charge in [0.1, 0.15) is 0 Å². The molecule has 0 bridgehead atoms. The molecule has 1 aliphatic rings. The van der Waals surface area contributed by atoms with Gasteiger partial charge in [0.15, 0.2) is 6.10 Å². The first-order chi connectivity index (χ1) is 9.04. The van der Waals surface area contributed by atoms with Crippen molar-refractivity contribution in [1.29, 1.82) is 0 Å². The van der Waals surface area contributed by atoms with Crippen molar-refractivity contribution < 1.29 is 24.2 Å². The molecule has 1 fully saturated rings. The average Bonchev–Trinajstić information content (AvgIpc) is 2.37. The molecular weight excluding hydrogens is 250 g/mol. The van der Waals surface area contributed by atoms with E-state index in [0.29, 0.717) is 32.6 Å². The minimum atomic E-state index is -1.03. The number of carbonyl (C=O) groups excluding carboxylic acids is 1. The van der Waals surface area contributed by atoms with E-state index < -0.39 is 12.1 Å². The van der Waals surface area contributed by atoms with Crippen molar-refractivity contribution in [3.63, 3.8) is 0 Å². The lowest BCUT2D eigenvalue weighted by atomic mass is 10.2. The first-order valence-electron chi connectivity index (χ1n) is 6.39. The predicted octanol–water partition coefficient (Wildman–Crippen LogP) is 0.670. The van der Waals surface area contributed by atoms with Crippen LogP contribution in [-0.2, 0) is 19.1 Å². The standard InChI is InChI=1S/C13H21NO5/c1-3-6-18-7-4-5-12(15)14-8-10(2)19-11(9-14)13(16)17/h3,10-11H,1,4-9H2,2H3,(H,16,17)/t10-,11?/m1/s1. The first kappa shape index (κ1) is 15.7. The van der Waals surface area contributed by atoms with Crippen LogP contribution in [0.25, 0.3) is 0 Å². The fraction of sp³-hybridized carbons (Fsp3) is 0.692. The zero-order valence-electron chi connectivity index (χ0n) is 11.2. The third-order valence-electron chi connectivity index (χ3n) is 2.80. The third-order valence-corrected chi connectivity index (χ3v) is 2.80. The Morgan fingerprint density at radius 1 is 1.53 bits per heavy atom. The summed E-state index contributed by atoms with van der Waals surface area (Å²) >= 11 is 0. The largest absolute Gasteiger partial charge is 0.479 e. The van der Waals surface area contributed by atoms with Crippen LogP contribution in [0.5, 0.6) is 0 Å². The molecule has 6 heteroatoms. The molecule has 108 valence electrons. The number of morpholine rings is 1. The molecule has 1 saturated heterocycles. The number of rotatable bonds is 7. The number of nitrogens with zero attached hydrogens (tertiary/aromatic N) is 1. The zero-order chi connectivity index (χ0) is 14.3. The van der Waals surface area contributed by atoms with E-state index in [-0.39, 0.29) is 18.6 Å². The molecule has 19 heavy (non-hydrogen) atoms. The molecule has 1 N–H and O–H groups in total. The fourth-order valence-corrected chi connectivity index (χ4v) is 1.94. The summed E-state index contributed by atoms with van der Waals surface area (Å²) in [4.78, 5) is 24.4. The zero-order valence-corrected chi connectivity index (χ0v) is 11.2. The van der Waals surface area contributed by atoms with Crippen LogP contribution < -0.4 is 0 Å². The summed E-state index contributed by atoms with van der Waals surface area (Å²) in [6.45, 7) is 6.83. The molecule has 0 aromatic heterocycles. The van der Waals surface area contributed by atoms with Crippen LogP contribution in [0.3, 0.4) is 0 Å². The van der Waals surface area contributed by atoms with E-state index in [4.69, 9.17) is 14.6 Å². The van der Waals surface area contributed by atoms with Gasteiger partial charge in [0.05, 0.1) is 19.3 Å². The van der Waals surface area contributed by atoms with E-state index in [9.17, 15) is 9.59 Å². The Balaban J connectivity index is 2.34. The number of aliphatic carboxylic acids is 1. The van der Waals surface area contributed by atoms with Crippen LogP contribution >= 0.6 is 0 Å². The van der Waals surface area contributed by atoms with Gasteiger partial charge >= 0.3 is 5.97 Å². The maximum absolute atomic E-state index is 11.9. The van der Waals surface area contributed by atoms with Crippen molar-refractivity contribution in [1.82, 2.24) is 4.90 Å². The number of carboxylic acids is 1. The molecule has 1 heterocycles. The predicted molar refractivity (Wildman–Crippen MR) is 68.8 cm³/mol. The number of hydrogen-bond donors (Lipinski definition) is 1. The van der Waals surface area contributed by atoms with Gasteiger partial charge in [-0.3, -0.25) is 4.79 Å². The highest BCUT2D eigenvalue weighted by molar-refractivity contribution is 5.78. The summed E-state index contributed by atoms with van der Waals surface area (Å²) in [6, 6.07) is 0. The Morgan fingerprint density at radius 2 is 2.26 bits per heavy atom. The second-order valence-electron chi connectivity index (χ2n) is 4.54. The molecule has 0 saturated carbocycles. The van der Waals surface area contributed by atoms with E-state index >= 15 is 0 Å². The second-order valence-corrected chi connectivity index (χ2v) is 4.54. The minimum Gasteiger partial charge on any atom is -0.479 e. The number of carbonyl (C=O) groups is 2. The molecule has 0 aromatic carbocycles. The van der Waals surface area contributed by atoms with Gasteiger partial charge in [-0.25, -0.2) is 4.79 Å². The monoisotopic (exact) mass is 271 g/mol. The molecule has 0 aromatic rings. The van der Waals surface area contributed by atoms with E-state index in [1.165, 1.54) is 0 Å². The minimum absolute atomic E-state index is 0.0522. The highest BCUT2D eigenvalue weighted by Crippen LogP contribution is 2.13. The van der Waals surface area contributed by atoms with Crippen molar-refractivity contribution in [2.24, 2.45) is 0 Å². The average molecular weight is 271 g/mol. The van der Waals surface area contributed by atoms with Crippen LogP contribution in [-0.4, -0.2) is 60.4 Å². The lowest BCUT2D eigenvalue weighted by molar-refractivity contribution is -0.166. The maximum Gasteiger partial charge on any atom is 0.334 e. The van der Waals surface area contributed by atoms with Crippen molar-refractivity contribution >= 4 is 11.9 Å². The molecule has 0 radical (unpaired) electrons. The third kappa shape index (κ3) is 5.40. The van der Waals surface area contributed by atoms with Gasteiger partial charge in [-0.1, -0.05) is 6.08 Å². The van der Waals surface area contributed by atoms with Gasteiger partial charge in [0.2, 0.25) is 5.91 Å². The molecule has 6 nitrogen and oxygen atoms in total. The molecule has 1 unspecified atom stereocenters. The van der Waals surface area contributed by atoms with Crippen molar-refractivity contribution in [2.75, 3.05) is 26.3 Å². The molecule has 0 spiro atoms. The van der Waals surface area contributed by atoms with Crippen LogP contribution in [0, 0.1) is 0 Å². The smallest absolute Gasteiger partial charge is 0.334 e. The Kier molecular flexibility index (Phi) is 6.52. The molecule has 1 aliphatic heterocycles. The van der Waals surface area contributed by atoms with Crippen molar-refractivity contribution in [2.45, 2.75) is 32.0 Å². The maximum atomic E-state index is 11.9. The summed E-state index contributed by atoms with van der Waals surface area (Å²) < 4.78 is 10.4. The normalized spacial score (nSPS) is 23.1. The lowest BCUT2D eigenvalue weighted by Gasteiger charge is -2.35. The van der Waals surface area contributed by atoms with Gasteiger partial charge in [-0.15, -0.1) is 6.58 Å². The molecule has 1 rings (SSSR count). The summed E-state index contributed by atoms with van der Waals surface area (Å²) in [7, 11) is 0.